The molecular formula is C26H32FN3O4S. The van der Waals surface area contributed by atoms with Crippen LogP contribution in [0.3, 0.4) is 0 Å². The molecule has 35 heavy (non-hydrogen) atoms. The fourth-order valence-corrected chi connectivity index (χ4v) is 5.41. The van der Waals surface area contributed by atoms with Gasteiger partial charge in [0.05, 0.1) is 10.9 Å². The van der Waals surface area contributed by atoms with E-state index in [1.165, 1.54) is 24.3 Å². The van der Waals surface area contributed by atoms with Gasteiger partial charge in [-0.3, -0.25) is 4.79 Å². The highest BCUT2D eigenvalue weighted by Crippen LogP contribution is 2.27. The number of sulfonamides is 1. The monoisotopic (exact) mass is 501 g/mol. The van der Waals surface area contributed by atoms with Crippen LogP contribution in [-0.2, 0) is 14.8 Å². The Hall–Kier alpha value is -2.93. The Kier molecular flexibility index (Phi) is 9.26. The summed E-state index contributed by atoms with van der Waals surface area (Å²) in [7, 11) is -3.77. The van der Waals surface area contributed by atoms with E-state index in [-0.39, 0.29) is 46.9 Å². The van der Waals surface area contributed by atoms with Gasteiger partial charge in [-0.05, 0) is 74.9 Å². The molecule has 0 aromatic heterocycles. The van der Waals surface area contributed by atoms with Crippen molar-refractivity contribution >= 4 is 21.6 Å². The first-order valence-electron chi connectivity index (χ1n) is 11.8. The predicted octanol–water partition coefficient (Wildman–Crippen LogP) is 3.25. The van der Waals surface area contributed by atoms with Gasteiger partial charge >= 0.3 is 0 Å². The number of benzene rings is 2. The van der Waals surface area contributed by atoms with Crippen LogP contribution in [0.1, 0.15) is 62.6 Å². The summed E-state index contributed by atoms with van der Waals surface area (Å²) in [6, 6.07) is 9.97. The molecule has 188 valence electrons. The normalized spacial score (nSPS) is 18.8. The van der Waals surface area contributed by atoms with Gasteiger partial charge in [0.15, 0.2) is 0 Å². The molecule has 5 N–H and O–H groups in total. The van der Waals surface area contributed by atoms with Crippen molar-refractivity contribution in [1.82, 2.24) is 10.0 Å². The molecule has 0 saturated heterocycles. The van der Waals surface area contributed by atoms with Crippen LogP contribution in [0.25, 0.3) is 0 Å². The number of hydrogen-bond donors (Lipinski definition) is 4. The average molecular weight is 502 g/mol. The van der Waals surface area contributed by atoms with Crippen LogP contribution in [0.15, 0.2) is 47.4 Å². The van der Waals surface area contributed by atoms with Crippen LogP contribution < -0.4 is 15.8 Å². The standard InChI is InChI=1S/C26H32FN3O4S/c1-18(19-6-11-22(27)12-7-19)29-26(32)21-8-13-23(14-9-21)30-35(33,34)24-15-10-20(25(28)17-24)5-3-2-4-16-31/h6-7,10-12,15,17-18,21,23,30-31H,2,4,8-9,13-14,16,28H2,1H3,(H,29,32)/t18-,21-,23-/m1/s1. The van der Waals surface area contributed by atoms with E-state index in [0.717, 1.165) is 5.56 Å². The Morgan fingerprint density at radius 1 is 1.17 bits per heavy atom. The number of amides is 1. The van der Waals surface area contributed by atoms with Crippen molar-refractivity contribution in [2.45, 2.75) is 62.4 Å². The second kappa shape index (κ2) is 12.2. The third-order valence-electron chi connectivity index (χ3n) is 6.16. The summed E-state index contributed by atoms with van der Waals surface area (Å²) in [5.41, 5.74) is 7.64. The minimum atomic E-state index is -3.77. The van der Waals surface area contributed by atoms with Crippen molar-refractivity contribution in [3.63, 3.8) is 0 Å². The molecule has 0 unspecified atom stereocenters. The lowest BCUT2D eigenvalue weighted by molar-refractivity contribution is -0.126. The molecule has 1 saturated carbocycles. The van der Waals surface area contributed by atoms with Crippen molar-refractivity contribution < 1.29 is 22.7 Å². The smallest absolute Gasteiger partial charge is 0.240 e. The number of carbonyl (C=O) groups is 1. The highest BCUT2D eigenvalue weighted by Gasteiger charge is 2.30. The molecule has 0 bridgehead atoms. The van der Waals surface area contributed by atoms with Gasteiger partial charge in [0.1, 0.15) is 5.82 Å². The highest BCUT2D eigenvalue weighted by atomic mass is 32.2. The molecule has 1 aliphatic rings. The van der Waals surface area contributed by atoms with Gasteiger partial charge in [0, 0.05) is 36.2 Å². The number of nitrogens with one attached hydrogen (secondary N) is 2. The Morgan fingerprint density at radius 2 is 1.86 bits per heavy atom. The molecule has 1 aliphatic carbocycles. The topological polar surface area (TPSA) is 122 Å². The first-order valence-corrected chi connectivity index (χ1v) is 13.3. The van der Waals surface area contributed by atoms with E-state index in [2.05, 4.69) is 21.9 Å². The van der Waals surface area contributed by atoms with Gasteiger partial charge in [-0.15, -0.1) is 0 Å². The van der Waals surface area contributed by atoms with Crippen LogP contribution in [-0.4, -0.2) is 32.1 Å². The van der Waals surface area contributed by atoms with E-state index in [1.54, 1.807) is 18.2 Å². The molecular weight excluding hydrogens is 469 g/mol. The molecule has 9 heteroatoms. The van der Waals surface area contributed by atoms with Gasteiger partial charge < -0.3 is 16.2 Å². The Balaban J connectivity index is 1.53. The van der Waals surface area contributed by atoms with Crippen molar-refractivity contribution in [2.24, 2.45) is 5.92 Å². The van der Waals surface area contributed by atoms with E-state index in [1.807, 2.05) is 6.92 Å². The molecule has 0 spiro atoms. The number of hydrogen-bond acceptors (Lipinski definition) is 5. The molecule has 1 amide bonds. The van der Waals surface area contributed by atoms with Crippen molar-refractivity contribution in [2.75, 3.05) is 12.3 Å². The number of nitrogen functional groups attached to an aromatic ring is 1. The maximum Gasteiger partial charge on any atom is 0.240 e. The number of halogens is 1. The molecule has 2 aromatic carbocycles. The highest BCUT2D eigenvalue weighted by molar-refractivity contribution is 7.89. The van der Waals surface area contributed by atoms with Gasteiger partial charge in [0.25, 0.3) is 0 Å². The number of nitrogens with two attached hydrogens (primary N) is 1. The predicted molar refractivity (Wildman–Crippen MR) is 133 cm³/mol. The lowest BCUT2D eigenvalue weighted by atomic mass is 9.85. The van der Waals surface area contributed by atoms with E-state index in [0.29, 0.717) is 44.1 Å². The fraction of sp³-hybridized carbons (Fsp3) is 0.423. The van der Waals surface area contributed by atoms with Gasteiger partial charge in [-0.25, -0.2) is 17.5 Å². The van der Waals surface area contributed by atoms with Crippen molar-refractivity contribution in [3.05, 3.63) is 59.4 Å². The zero-order valence-corrected chi connectivity index (χ0v) is 20.6. The lowest BCUT2D eigenvalue weighted by Crippen LogP contribution is -2.41. The van der Waals surface area contributed by atoms with Crippen molar-refractivity contribution in [3.8, 4) is 11.8 Å². The largest absolute Gasteiger partial charge is 0.398 e. The number of aliphatic hydroxyl groups is 1. The second-order valence-electron chi connectivity index (χ2n) is 8.83. The number of carbonyl (C=O) groups excluding carboxylic acids is 1. The van der Waals surface area contributed by atoms with Crippen LogP contribution in [0.4, 0.5) is 10.1 Å². The van der Waals surface area contributed by atoms with E-state index in [4.69, 9.17) is 10.8 Å². The molecule has 0 radical (unpaired) electrons. The summed E-state index contributed by atoms with van der Waals surface area (Å²) < 4.78 is 41.6. The van der Waals surface area contributed by atoms with E-state index >= 15 is 0 Å². The minimum absolute atomic E-state index is 0.0642. The molecule has 3 rings (SSSR count). The molecule has 0 aliphatic heterocycles. The Bertz CT molecular complexity index is 1180. The number of rotatable bonds is 8. The Labute approximate surface area is 206 Å². The third-order valence-corrected chi connectivity index (χ3v) is 7.68. The summed E-state index contributed by atoms with van der Waals surface area (Å²) in [6.07, 6.45) is 3.33. The molecule has 1 fully saturated rings. The number of unbranched alkanes of at least 4 members (excludes halogenated alkanes) is 1. The van der Waals surface area contributed by atoms with Gasteiger partial charge in [-0.2, -0.15) is 0 Å². The quantitative estimate of drug-likeness (QED) is 0.251. The third kappa shape index (κ3) is 7.52. The average Bonchev–Trinajstić information content (AvgIpc) is 2.83. The second-order valence-corrected chi connectivity index (χ2v) is 10.5. The summed E-state index contributed by atoms with van der Waals surface area (Å²) in [5, 5.41) is 11.8. The first-order chi connectivity index (χ1) is 16.7. The van der Waals surface area contributed by atoms with Gasteiger partial charge in [-0.1, -0.05) is 24.0 Å². The molecule has 1 atom stereocenters. The SMILES string of the molecule is C[C@@H](NC(=O)[C@H]1CC[C@H](NS(=O)(=O)c2ccc(C#CCCCO)c(N)c2)CC1)c1ccc(F)cc1. The van der Waals surface area contributed by atoms with Crippen LogP contribution >= 0.6 is 0 Å². The van der Waals surface area contributed by atoms with E-state index in [9.17, 15) is 17.6 Å². The van der Waals surface area contributed by atoms with Crippen molar-refractivity contribution in [1.29, 1.82) is 0 Å². The molecule has 0 heterocycles. The number of aliphatic hydroxyl groups excluding tert-OH is 1. The Morgan fingerprint density at radius 3 is 2.49 bits per heavy atom. The zero-order chi connectivity index (χ0) is 25.4. The van der Waals surface area contributed by atoms with E-state index < -0.39 is 10.0 Å². The first kappa shape index (κ1) is 26.7. The summed E-state index contributed by atoms with van der Waals surface area (Å²) in [4.78, 5) is 12.8. The fourth-order valence-electron chi connectivity index (χ4n) is 4.07. The number of anilines is 1. The molecule has 7 nitrogen and oxygen atoms in total. The molecule has 2 aromatic rings. The maximum absolute atomic E-state index is 13.1. The zero-order valence-electron chi connectivity index (χ0n) is 19.8. The minimum Gasteiger partial charge on any atom is -0.398 e. The van der Waals surface area contributed by atoms with Gasteiger partial charge in [0.2, 0.25) is 15.9 Å². The van der Waals surface area contributed by atoms with Crippen LogP contribution in [0.5, 0.6) is 0 Å². The summed E-state index contributed by atoms with van der Waals surface area (Å²) in [5.74, 6) is 5.20. The maximum atomic E-state index is 13.1. The lowest BCUT2D eigenvalue weighted by Gasteiger charge is -2.29. The summed E-state index contributed by atoms with van der Waals surface area (Å²) in [6.45, 7) is 1.91. The van der Waals surface area contributed by atoms with Crippen LogP contribution in [0, 0.1) is 23.6 Å². The summed E-state index contributed by atoms with van der Waals surface area (Å²) >= 11 is 0. The van der Waals surface area contributed by atoms with Crippen LogP contribution in [0.2, 0.25) is 0 Å².